The Bertz CT molecular complexity index is 460. The van der Waals surface area contributed by atoms with Gasteiger partial charge in [0.05, 0.1) is 13.2 Å². The molecule has 2 amide bonds. The second kappa shape index (κ2) is 8.22. The highest BCUT2D eigenvalue weighted by Crippen LogP contribution is 2.21. The molecule has 0 aromatic heterocycles. The quantitative estimate of drug-likeness (QED) is 0.753. The Kier molecular flexibility index (Phi) is 6.59. The number of ether oxygens (including phenoxy) is 1. The second-order valence-corrected chi connectivity index (χ2v) is 4.30. The topological polar surface area (TPSA) is 61.8 Å². The largest absolute Gasteiger partial charge is 0.494 e. The van der Waals surface area contributed by atoms with E-state index in [2.05, 4.69) is 11.9 Å². The first-order valence-electron chi connectivity index (χ1n) is 6.63. The lowest BCUT2D eigenvalue weighted by Crippen LogP contribution is -2.37. The van der Waals surface area contributed by atoms with Crippen molar-refractivity contribution in [2.24, 2.45) is 0 Å². The summed E-state index contributed by atoms with van der Waals surface area (Å²) in [5.41, 5.74) is 1.65. The zero-order valence-electron chi connectivity index (χ0n) is 12.1. The minimum atomic E-state index is -0.258. The summed E-state index contributed by atoms with van der Waals surface area (Å²) in [5, 5.41) is 11.8. The van der Waals surface area contributed by atoms with Gasteiger partial charge in [-0.2, -0.15) is 0 Å². The number of urea groups is 1. The number of amides is 2. The van der Waals surface area contributed by atoms with Crippen LogP contribution in [0.25, 0.3) is 0 Å². The number of carbonyl (C=O) groups is 1. The van der Waals surface area contributed by atoms with Crippen LogP contribution in [0.1, 0.15) is 12.5 Å². The Labute approximate surface area is 119 Å². The molecule has 0 heterocycles. The third-order valence-electron chi connectivity index (χ3n) is 2.76. The molecular weight excluding hydrogens is 256 g/mol. The first-order chi connectivity index (χ1) is 9.62. The van der Waals surface area contributed by atoms with Gasteiger partial charge >= 0.3 is 6.03 Å². The van der Waals surface area contributed by atoms with Gasteiger partial charge < -0.3 is 20.1 Å². The third-order valence-corrected chi connectivity index (χ3v) is 2.76. The van der Waals surface area contributed by atoms with Crippen molar-refractivity contribution in [2.75, 3.05) is 31.6 Å². The molecule has 0 saturated carbocycles. The van der Waals surface area contributed by atoms with Crippen LogP contribution in [-0.2, 0) is 0 Å². The average Bonchev–Trinajstić information content (AvgIpc) is 2.42. The Hall–Kier alpha value is -2.01. The molecule has 0 aliphatic heterocycles. The van der Waals surface area contributed by atoms with E-state index < -0.39 is 0 Å². The number of aliphatic hydroxyl groups excluding tert-OH is 1. The minimum Gasteiger partial charge on any atom is -0.494 e. The number of aryl methyl sites for hydroxylation is 1. The van der Waals surface area contributed by atoms with Crippen molar-refractivity contribution in [1.29, 1.82) is 0 Å². The van der Waals surface area contributed by atoms with Crippen molar-refractivity contribution in [1.82, 2.24) is 4.90 Å². The molecule has 1 aromatic rings. The number of anilines is 1. The molecule has 0 bridgehead atoms. The van der Waals surface area contributed by atoms with Crippen LogP contribution >= 0.6 is 0 Å². The highest BCUT2D eigenvalue weighted by atomic mass is 16.5. The molecule has 0 saturated heterocycles. The van der Waals surface area contributed by atoms with Crippen LogP contribution in [-0.4, -0.2) is 42.3 Å². The summed E-state index contributed by atoms with van der Waals surface area (Å²) in [6, 6.07) is 5.24. The first kappa shape index (κ1) is 16.0. The molecule has 2 N–H and O–H groups in total. The maximum absolute atomic E-state index is 12.1. The van der Waals surface area contributed by atoms with Gasteiger partial charge in [-0.15, -0.1) is 6.58 Å². The number of nitrogens with one attached hydrogen (secondary N) is 1. The van der Waals surface area contributed by atoms with E-state index in [1.165, 1.54) is 4.90 Å². The van der Waals surface area contributed by atoms with Gasteiger partial charge in [-0.25, -0.2) is 4.79 Å². The lowest BCUT2D eigenvalue weighted by molar-refractivity contribution is 0.195. The smallest absolute Gasteiger partial charge is 0.322 e. The minimum absolute atomic E-state index is 0.0798. The van der Waals surface area contributed by atoms with E-state index in [9.17, 15) is 4.79 Å². The number of rotatable bonds is 7. The monoisotopic (exact) mass is 278 g/mol. The molecule has 0 aliphatic rings. The highest BCUT2D eigenvalue weighted by molar-refractivity contribution is 5.90. The maximum atomic E-state index is 12.1. The van der Waals surface area contributed by atoms with E-state index in [1.807, 2.05) is 32.0 Å². The molecule has 0 aliphatic carbocycles. The van der Waals surface area contributed by atoms with Crippen LogP contribution < -0.4 is 10.1 Å². The first-order valence-corrected chi connectivity index (χ1v) is 6.63. The Balaban J connectivity index is 2.75. The standard InChI is InChI=1S/C15H22N2O3/c1-4-8-17(9-10-18)15(19)16-14-7-6-13(20-5-2)11-12(14)3/h4,6-7,11,18H,1,5,8-10H2,2-3H3,(H,16,19). The van der Waals surface area contributed by atoms with Gasteiger partial charge in [0.1, 0.15) is 5.75 Å². The van der Waals surface area contributed by atoms with Gasteiger partial charge in [-0.05, 0) is 37.6 Å². The molecule has 0 fully saturated rings. The number of aliphatic hydroxyl groups is 1. The normalized spacial score (nSPS) is 9.95. The van der Waals surface area contributed by atoms with Gasteiger partial charge in [-0.3, -0.25) is 0 Å². The van der Waals surface area contributed by atoms with Crippen molar-refractivity contribution in [3.63, 3.8) is 0 Å². The number of hydrogen-bond donors (Lipinski definition) is 2. The predicted octanol–water partition coefficient (Wildman–Crippen LogP) is 2.41. The van der Waals surface area contributed by atoms with Crippen molar-refractivity contribution in [3.8, 4) is 5.75 Å². The van der Waals surface area contributed by atoms with Crippen molar-refractivity contribution in [2.45, 2.75) is 13.8 Å². The Morgan fingerprint density at radius 1 is 1.55 bits per heavy atom. The van der Waals surface area contributed by atoms with Crippen LogP contribution in [0.4, 0.5) is 10.5 Å². The molecule has 20 heavy (non-hydrogen) atoms. The van der Waals surface area contributed by atoms with Gasteiger partial charge in [0, 0.05) is 18.8 Å². The lowest BCUT2D eigenvalue weighted by Gasteiger charge is -2.21. The van der Waals surface area contributed by atoms with Gasteiger partial charge in [0.25, 0.3) is 0 Å². The van der Waals surface area contributed by atoms with Crippen LogP contribution in [0.5, 0.6) is 5.75 Å². The summed E-state index contributed by atoms with van der Waals surface area (Å²) < 4.78 is 5.40. The molecule has 0 radical (unpaired) electrons. The highest BCUT2D eigenvalue weighted by Gasteiger charge is 2.12. The molecular formula is C15H22N2O3. The van der Waals surface area contributed by atoms with Crippen LogP contribution in [0, 0.1) is 6.92 Å². The summed E-state index contributed by atoms with van der Waals surface area (Å²) in [6.07, 6.45) is 1.63. The van der Waals surface area contributed by atoms with E-state index in [1.54, 1.807) is 6.08 Å². The number of benzene rings is 1. The van der Waals surface area contributed by atoms with Crippen molar-refractivity contribution >= 4 is 11.7 Å². The van der Waals surface area contributed by atoms with E-state index in [0.29, 0.717) is 13.2 Å². The van der Waals surface area contributed by atoms with E-state index in [4.69, 9.17) is 9.84 Å². The molecule has 5 nitrogen and oxygen atoms in total. The van der Waals surface area contributed by atoms with Crippen LogP contribution in [0.3, 0.4) is 0 Å². The number of hydrogen-bond acceptors (Lipinski definition) is 3. The molecule has 1 rings (SSSR count). The molecule has 0 unspecified atom stereocenters. The summed E-state index contributed by atoms with van der Waals surface area (Å²) in [6.45, 7) is 8.62. The molecule has 110 valence electrons. The Morgan fingerprint density at radius 3 is 2.85 bits per heavy atom. The number of carbonyl (C=O) groups excluding carboxylic acids is 1. The molecule has 5 heteroatoms. The molecule has 1 aromatic carbocycles. The van der Waals surface area contributed by atoms with Crippen molar-refractivity contribution in [3.05, 3.63) is 36.4 Å². The average molecular weight is 278 g/mol. The van der Waals surface area contributed by atoms with E-state index >= 15 is 0 Å². The maximum Gasteiger partial charge on any atom is 0.322 e. The van der Waals surface area contributed by atoms with Gasteiger partial charge in [0.2, 0.25) is 0 Å². The SMILES string of the molecule is C=CCN(CCO)C(=O)Nc1ccc(OCC)cc1C. The second-order valence-electron chi connectivity index (χ2n) is 4.30. The number of nitrogens with zero attached hydrogens (tertiary/aromatic N) is 1. The summed E-state index contributed by atoms with van der Waals surface area (Å²) in [5.74, 6) is 0.779. The zero-order valence-corrected chi connectivity index (χ0v) is 12.1. The fourth-order valence-electron chi connectivity index (χ4n) is 1.78. The predicted molar refractivity (Wildman–Crippen MR) is 80.2 cm³/mol. The molecule has 0 atom stereocenters. The third kappa shape index (κ3) is 4.59. The Morgan fingerprint density at radius 2 is 2.30 bits per heavy atom. The summed E-state index contributed by atoms with van der Waals surface area (Å²) in [4.78, 5) is 13.6. The lowest BCUT2D eigenvalue weighted by atomic mass is 10.2. The fourth-order valence-corrected chi connectivity index (χ4v) is 1.78. The van der Waals surface area contributed by atoms with Crippen molar-refractivity contribution < 1.29 is 14.6 Å². The van der Waals surface area contributed by atoms with E-state index in [0.717, 1.165) is 17.0 Å². The summed E-state index contributed by atoms with van der Waals surface area (Å²) in [7, 11) is 0. The van der Waals surface area contributed by atoms with Gasteiger partial charge in [-0.1, -0.05) is 6.08 Å². The van der Waals surface area contributed by atoms with Crippen LogP contribution in [0.2, 0.25) is 0 Å². The fraction of sp³-hybridized carbons (Fsp3) is 0.400. The van der Waals surface area contributed by atoms with Gasteiger partial charge in [0.15, 0.2) is 0 Å². The summed E-state index contributed by atoms with van der Waals surface area (Å²) >= 11 is 0. The van der Waals surface area contributed by atoms with Crippen LogP contribution in [0.15, 0.2) is 30.9 Å². The zero-order chi connectivity index (χ0) is 15.0. The van der Waals surface area contributed by atoms with E-state index in [-0.39, 0.29) is 19.2 Å². The molecule has 0 spiro atoms.